The number of nitrogens with zero attached hydrogens (tertiary/aromatic N) is 2. The minimum absolute atomic E-state index is 0.0496. The third-order valence-electron chi connectivity index (χ3n) is 4.54. The van der Waals surface area contributed by atoms with Crippen LogP contribution in [0.15, 0.2) is 42.6 Å². The number of benzene rings is 1. The van der Waals surface area contributed by atoms with Crippen molar-refractivity contribution in [2.75, 3.05) is 6.54 Å². The van der Waals surface area contributed by atoms with E-state index in [2.05, 4.69) is 10.4 Å². The Bertz CT molecular complexity index is 705. The molecule has 1 amide bonds. The van der Waals surface area contributed by atoms with Gasteiger partial charge in [-0.1, -0.05) is 43.2 Å². The average Bonchev–Trinajstić information content (AvgIpc) is 3.26. The van der Waals surface area contributed by atoms with E-state index in [1.165, 1.54) is 0 Å². The minimum atomic E-state index is -0.953. The van der Waals surface area contributed by atoms with Gasteiger partial charge < -0.3 is 10.4 Å². The van der Waals surface area contributed by atoms with E-state index in [0.29, 0.717) is 11.3 Å². The van der Waals surface area contributed by atoms with Gasteiger partial charge in [0.05, 0.1) is 12.0 Å². The highest BCUT2D eigenvalue weighted by Gasteiger charge is 2.24. The van der Waals surface area contributed by atoms with E-state index in [9.17, 15) is 14.7 Å². The fourth-order valence-corrected chi connectivity index (χ4v) is 3.25. The van der Waals surface area contributed by atoms with Gasteiger partial charge in [0.25, 0.3) is 5.91 Å². The summed E-state index contributed by atoms with van der Waals surface area (Å²) in [6.45, 7) is 0.0496. The molecular formula is C18H21N3O3. The topological polar surface area (TPSA) is 84.2 Å². The first-order valence-corrected chi connectivity index (χ1v) is 8.26. The third-order valence-corrected chi connectivity index (χ3v) is 4.54. The van der Waals surface area contributed by atoms with Crippen LogP contribution in [0.1, 0.15) is 53.7 Å². The highest BCUT2D eigenvalue weighted by Crippen LogP contribution is 2.29. The fourth-order valence-electron chi connectivity index (χ4n) is 3.25. The van der Waals surface area contributed by atoms with Gasteiger partial charge in [-0.05, 0) is 24.5 Å². The number of aliphatic carboxylic acids is 1. The van der Waals surface area contributed by atoms with Crippen molar-refractivity contribution in [1.29, 1.82) is 0 Å². The smallest absolute Gasteiger partial charge is 0.312 e. The Hall–Kier alpha value is -2.63. The zero-order chi connectivity index (χ0) is 16.9. The van der Waals surface area contributed by atoms with Crippen molar-refractivity contribution in [3.8, 4) is 0 Å². The Labute approximate surface area is 140 Å². The van der Waals surface area contributed by atoms with Crippen LogP contribution in [0.25, 0.3) is 0 Å². The van der Waals surface area contributed by atoms with Gasteiger partial charge in [-0.15, -0.1) is 0 Å². The summed E-state index contributed by atoms with van der Waals surface area (Å²) in [7, 11) is 0. The number of hydrogen-bond donors (Lipinski definition) is 2. The highest BCUT2D eigenvalue weighted by atomic mass is 16.4. The van der Waals surface area contributed by atoms with Crippen molar-refractivity contribution in [3.05, 3.63) is 53.9 Å². The summed E-state index contributed by atoms with van der Waals surface area (Å²) < 4.78 is 1.78. The van der Waals surface area contributed by atoms with Gasteiger partial charge >= 0.3 is 5.97 Å². The Balaban J connectivity index is 1.68. The van der Waals surface area contributed by atoms with Gasteiger partial charge in [0.15, 0.2) is 0 Å². The van der Waals surface area contributed by atoms with Crippen LogP contribution in [0, 0.1) is 0 Å². The average molecular weight is 327 g/mol. The van der Waals surface area contributed by atoms with E-state index in [4.69, 9.17) is 0 Å². The van der Waals surface area contributed by atoms with Gasteiger partial charge in [0, 0.05) is 12.7 Å². The lowest BCUT2D eigenvalue weighted by molar-refractivity contribution is -0.138. The van der Waals surface area contributed by atoms with Crippen LogP contribution in [-0.4, -0.2) is 33.3 Å². The molecule has 1 unspecified atom stereocenters. The van der Waals surface area contributed by atoms with Gasteiger partial charge in [-0.2, -0.15) is 5.10 Å². The quantitative estimate of drug-likeness (QED) is 0.854. The van der Waals surface area contributed by atoms with Crippen LogP contribution in [0.5, 0.6) is 0 Å². The lowest BCUT2D eigenvalue weighted by atomic mass is 9.99. The molecule has 0 radical (unpaired) electrons. The minimum Gasteiger partial charge on any atom is -0.481 e. The second kappa shape index (κ2) is 7.29. The van der Waals surface area contributed by atoms with Gasteiger partial charge in [-0.3, -0.25) is 14.3 Å². The molecule has 0 aliphatic heterocycles. The van der Waals surface area contributed by atoms with E-state index >= 15 is 0 Å². The second-order valence-electron chi connectivity index (χ2n) is 6.11. The number of carbonyl (C=O) groups excluding carboxylic acids is 1. The van der Waals surface area contributed by atoms with E-state index < -0.39 is 11.9 Å². The maximum Gasteiger partial charge on any atom is 0.312 e. The van der Waals surface area contributed by atoms with E-state index in [0.717, 1.165) is 25.7 Å². The SMILES string of the molecule is O=C(NCC(C(=O)O)c1ccccc1)c1ccnn1C1CCCC1. The first kappa shape index (κ1) is 16.2. The van der Waals surface area contributed by atoms with Gasteiger partial charge in [-0.25, -0.2) is 0 Å². The van der Waals surface area contributed by atoms with E-state index in [1.54, 1.807) is 41.2 Å². The van der Waals surface area contributed by atoms with E-state index in [1.807, 2.05) is 6.07 Å². The molecular weight excluding hydrogens is 306 g/mol. The van der Waals surface area contributed by atoms with Crippen molar-refractivity contribution >= 4 is 11.9 Å². The molecule has 126 valence electrons. The molecule has 1 aliphatic rings. The molecule has 3 rings (SSSR count). The number of nitrogens with one attached hydrogen (secondary N) is 1. The molecule has 1 aromatic carbocycles. The number of carbonyl (C=O) groups is 2. The number of amides is 1. The van der Waals surface area contributed by atoms with Crippen molar-refractivity contribution < 1.29 is 14.7 Å². The molecule has 1 atom stereocenters. The highest BCUT2D eigenvalue weighted by molar-refractivity contribution is 5.93. The van der Waals surface area contributed by atoms with Crippen molar-refractivity contribution in [2.24, 2.45) is 0 Å². The zero-order valence-corrected chi connectivity index (χ0v) is 13.4. The molecule has 2 N–H and O–H groups in total. The van der Waals surface area contributed by atoms with E-state index in [-0.39, 0.29) is 18.5 Å². The normalized spacial score (nSPS) is 16.0. The molecule has 2 aromatic rings. The Morgan fingerprint density at radius 2 is 1.92 bits per heavy atom. The Morgan fingerprint density at radius 1 is 1.21 bits per heavy atom. The van der Waals surface area contributed by atoms with Crippen LogP contribution in [-0.2, 0) is 4.79 Å². The van der Waals surface area contributed by atoms with Gasteiger partial charge in [0.1, 0.15) is 5.69 Å². The Kier molecular flexibility index (Phi) is 4.93. The molecule has 1 aliphatic carbocycles. The second-order valence-corrected chi connectivity index (χ2v) is 6.11. The largest absolute Gasteiger partial charge is 0.481 e. The lowest BCUT2D eigenvalue weighted by Crippen LogP contribution is -2.33. The zero-order valence-electron chi connectivity index (χ0n) is 13.4. The van der Waals surface area contributed by atoms with Gasteiger partial charge in [0.2, 0.25) is 0 Å². The summed E-state index contributed by atoms with van der Waals surface area (Å²) in [4.78, 5) is 24.0. The van der Waals surface area contributed by atoms with Crippen LogP contribution in [0.2, 0.25) is 0 Å². The summed E-state index contributed by atoms with van der Waals surface area (Å²) >= 11 is 0. The number of aromatic nitrogens is 2. The summed E-state index contributed by atoms with van der Waals surface area (Å²) in [6.07, 6.45) is 5.99. The van der Waals surface area contributed by atoms with Crippen LogP contribution in [0.4, 0.5) is 0 Å². The molecule has 1 heterocycles. The molecule has 6 nitrogen and oxygen atoms in total. The standard InChI is InChI=1S/C18H21N3O3/c22-17(16-10-11-20-21(16)14-8-4-5-9-14)19-12-15(18(23)24)13-6-2-1-3-7-13/h1-3,6-7,10-11,14-15H,4-5,8-9,12H2,(H,19,22)(H,23,24). The molecule has 1 fully saturated rings. The number of rotatable bonds is 6. The van der Waals surface area contributed by atoms with Crippen LogP contribution >= 0.6 is 0 Å². The molecule has 0 saturated heterocycles. The molecule has 1 aromatic heterocycles. The molecule has 0 spiro atoms. The summed E-state index contributed by atoms with van der Waals surface area (Å²) in [5.74, 6) is -2.00. The predicted molar refractivity (Wildman–Crippen MR) is 88.9 cm³/mol. The fraction of sp³-hybridized carbons (Fsp3) is 0.389. The first-order chi connectivity index (χ1) is 11.7. The monoisotopic (exact) mass is 327 g/mol. The molecule has 24 heavy (non-hydrogen) atoms. The number of carboxylic acid groups (broad SMARTS) is 1. The summed E-state index contributed by atoms with van der Waals surface area (Å²) in [6, 6.07) is 10.9. The molecule has 1 saturated carbocycles. The summed E-state index contributed by atoms with van der Waals surface area (Å²) in [5.41, 5.74) is 1.17. The van der Waals surface area contributed by atoms with Crippen LogP contribution in [0.3, 0.4) is 0 Å². The maximum atomic E-state index is 12.5. The number of hydrogen-bond acceptors (Lipinski definition) is 3. The van der Waals surface area contributed by atoms with Crippen molar-refractivity contribution in [2.45, 2.75) is 37.6 Å². The molecule has 0 bridgehead atoms. The lowest BCUT2D eigenvalue weighted by Gasteiger charge is -2.16. The van der Waals surface area contributed by atoms with Crippen LogP contribution < -0.4 is 5.32 Å². The third kappa shape index (κ3) is 3.48. The molecule has 6 heteroatoms. The predicted octanol–water partition coefficient (Wildman–Crippen LogP) is 2.60. The first-order valence-electron chi connectivity index (χ1n) is 8.26. The van der Waals surface area contributed by atoms with Crippen molar-refractivity contribution in [1.82, 2.24) is 15.1 Å². The Morgan fingerprint density at radius 3 is 2.58 bits per heavy atom. The maximum absolute atomic E-state index is 12.5. The summed E-state index contributed by atoms with van der Waals surface area (Å²) in [5, 5.41) is 16.5. The van der Waals surface area contributed by atoms with Crippen molar-refractivity contribution in [3.63, 3.8) is 0 Å². The number of carboxylic acids is 1.